The number of carbonyl (C=O) groups excluding carboxylic acids is 3. The molecule has 9 heteroatoms. The number of amides is 3. The summed E-state index contributed by atoms with van der Waals surface area (Å²) in [5.74, 6) is -1.20. The Kier molecular flexibility index (Phi) is 10.9. The van der Waals surface area contributed by atoms with Gasteiger partial charge in [0.25, 0.3) is 0 Å². The molecule has 0 spiro atoms. The van der Waals surface area contributed by atoms with Crippen LogP contribution in [0.5, 0.6) is 5.75 Å². The van der Waals surface area contributed by atoms with Gasteiger partial charge in [0.2, 0.25) is 17.7 Å². The Balaban J connectivity index is 2.07. The molecule has 40 heavy (non-hydrogen) atoms. The molecule has 0 fully saturated rings. The number of benzene rings is 2. The van der Waals surface area contributed by atoms with Crippen molar-refractivity contribution in [1.82, 2.24) is 20.9 Å². The van der Waals surface area contributed by atoms with Crippen molar-refractivity contribution >= 4 is 23.8 Å². The number of hydrogen-bond acceptors (Lipinski definition) is 6. The van der Waals surface area contributed by atoms with Crippen LogP contribution in [-0.4, -0.2) is 66.1 Å². The van der Waals surface area contributed by atoms with Crippen LogP contribution < -0.4 is 20.7 Å². The van der Waals surface area contributed by atoms with Gasteiger partial charge in [0.15, 0.2) is 0 Å². The van der Waals surface area contributed by atoms with Gasteiger partial charge in [-0.25, -0.2) is 0 Å². The predicted octanol–water partition coefficient (Wildman–Crippen LogP) is 2.87. The third-order valence-electron chi connectivity index (χ3n) is 7.26. The smallest absolute Gasteiger partial charge is 0.249 e. The lowest BCUT2D eigenvalue weighted by molar-refractivity contribution is -0.138. The van der Waals surface area contributed by atoms with Crippen molar-refractivity contribution in [3.63, 3.8) is 0 Å². The SMILES string of the molecule is CC[C@H](C)[C@@H](C(=O)N[C@H]1C(=O)N[C@H]([C@H](O)c2ccccc2)C(=O)NC=Cc2ccc(cc2)O[C@H]1C(C)C)N(C)C. The second-order valence-corrected chi connectivity index (χ2v) is 10.9. The van der Waals surface area contributed by atoms with Crippen LogP contribution in [-0.2, 0) is 14.4 Å². The van der Waals surface area contributed by atoms with E-state index in [1.54, 1.807) is 48.5 Å². The van der Waals surface area contributed by atoms with E-state index in [4.69, 9.17) is 4.74 Å². The summed E-state index contributed by atoms with van der Waals surface area (Å²) in [7, 11) is 3.65. The summed E-state index contributed by atoms with van der Waals surface area (Å²) >= 11 is 0. The Labute approximate surface area is 237 Å². The summed E-state index contributed by atoms with van der Waals surface area (Å²) in [4.78, 5) is 42.8. The lowest BCUT2D eigenvalue weighted by atomic mass is 9.94. The van der Waals surface area contributed by atoms with Gasteiger partial charge < -0.3 is 25.8 Å². The average molecular weight is 551 g/mol. The number of fused-ring (bicyclic) bond motifs is 10. The van der Waals surface area contributed by atoms with E-state index < -0.39 is 42.1 Å². The Hall–Kier alpha value is -3.69. The first-order valence-electron chi connectivity index (χ1n) is 13.8. The molecular formula is C31H42N4O5. The molecule has 4 rings (SSSR count). The Morgan fingerprint density at radius 2 is 1.68 bits per heavy atom. The molecule has 2 heterocycles. The van der Waals surface area contributed by atoms with E-state index in [0.29, 0.717) is 11.3 Å². The molecule has 0 saturated carbocycles. The highest BCUT2D eigenvalue weighted by molar-refractivity contribution is 5.94. The topological polar surface area (TPSA) is 120 Å². The van der Waals surface area contributed by atoms with E-state index in [-0.39, 0.29) is 17.7 Å². The van der Waals surface area contributed by atoms with Crippen LogP contribution in [0.3, 0.4) is 0 Å². The minimum absolute atomic E-state index is 0.0211. The van der Waals surface area contributed by atoms with Gasteiger partial charge in [0.05, 0.1) is 6.04 Å². The van der Waals surface area contributed by atoms with Crippen LogP contribution in [0.25, 0.3) is 6.08 Å². The van der Waals surface area contributed by atoms with Gasteiger partial charge in [-0.2, -0.15) is 0 Å². The van der Waals surface area contributed by atoms with E-state index in [1.807, 2.05) is 58.8 Å². The zero-order valence-corrected chi connectivity index (χ0v) is 24.1. The van der Waals surface area contributed by atoms with E-state index in [2.05, 4.69) is 16.0 Å². The van der Waals surface area contributed by atoms with Crippen molar-refractivity contribution in [3.8, 4) is 5.75 Å². The average Bonchev–Trinajstić information content (AvgIpc) is 2.93. The number of likely N-dealkylation sites (N-methyl/N-ethyl adjacent to an activating group) is 1. The fourth-order valence-corrected chi connectivity index (χ4v) is 4.85. The molecule has 2 aromatic carbocycles. The van der Waals surface area contributed by atoms with Gasteiger partial charge >= 0.3 is 0 Å². The van der Waals surface area contributed by atoms with Gasteiger partial charge in [-0.3, -0.25) is 19.3 Å². The molecule has 2 aliphatic rings. The molecule has 0 aromatic heterocycles. The number of nitrogens with one attached hydrogen (secondary N) is 3. The molecule has 0 radical (unpaired) electrons. The maximum atomic E-state index is 14.0. The number of hydrogen-bond donors (Lipinski definition) is 4. The van der Waals surface area contributed by atoms with E-state index >= 15 is 0 Å². The highest BCUT2D eigenvalue weighted by Gasteiger charge is 2.40. The third-order valence-corrected chi connectivity index (χ3v) is 7.26. The Morgan fingerprint density at radius 3 is 2.25 bits per heavy atom. The largest absolute Gasteiger partial charge is 0.487 e. The summed E-state index contributed by atoms with van der Waals surface area (Å²) < 4.78 is 6.32. The molecule has 6 atom stereocenters. The van der Waals surface area contributed by atoms with Crippen molar-refractivity contribution < 1.29 is 24.2 Å². The van der Waals surface area contributed by atoms with E-state index in [0.717, 1.165) is 12.0 Å². The summed E-state index contributed by atoms with van der Waals surface area (Å²) in [5.41, 5.74) is 1.28. The molecule has 0 unspecified atom stereocenters. The van der Waals surface area contributed by atoms with Crippen molar-refractivity contribution in [2.45, 2.75) is 64.4 Å². The monoisotopic (exact) mass is 550 g/mol. The highest BCUT2D eigenvalue weighted by atomic mass is 16.5. The van der Waals surface area contributed by atoms with Crippen LogP contribution in [0.1, 0.15) is 51.3 Å². The van der Waals surface area contributed by atoms with Crippen molar-refractivity contribution in [2.24, 2.45) is 11.8 Å². The summed E-state index contributed by atoms with van der Waals surface area (Å²) in [6.07, 6.45) is 1.83. The molecule has 9 nitrogen and oxygen atoms in total. The molecule has 0 saturated heterocycles. The first-order chi connectivity index (χ1) is 19.0. The number of rotatable bonds is 8. The van der Waals surface area contributed by atoms with E-state index in [9.17, 15) is 19.5 Å². The third kappa shape index (κ3) is 7.70. The first kappa shape index (κ1) is 30.8. The minimum Gasteiger partial charge on any atom is -0.487 e. The second-order valence-electron chi connectivity index (χ2n) is 10.9. The summed E-state index contributed by atoms with van der Waals surface area (Å²) in [5, 5.41) is 19.5. The molecule has 2 bridgehead atoms. The zero-order chi connectivity index (χ0) is 29.4. The van der Waals surface area contributed by atoms with Crippen LogP contribution >= 0.6 is 0 Å². The number of aliphatic hydroxyl groups excluding tert-OH is 1. The van der Waals surface area contributed by atoms with Crippen molar-refractivity contribution in [1.29, 1.82) is 0 Å². The zero-order valence-electron chi connectivity index (χ0n) is 24.1. The quantitative estimate of drug-likeness (QED) is 0.401. The first-order valence-corrected chi connectivity index (χ1v) is 13.8. The summed E-state index contributed by atoms with van der Waals surface area (Å²) in [6, 6.07) is 12.9. The number of carbonyl (C=O) groups is 3. The predicted molar refractivity (Wildman–Crippen MR) is 155 cm³/mol. The maximum Gasteiger partial charge on any atom is 0.249 e. The van der Waals surface area contributed by atoms with Gasteiger partial charge in [0.1, 0.15) is 30.0 Å². The fraction of sp³-hybridized carbons (Fsp3) is 0.452. The molecular weight excluding hydrogens is 508 g/mol. The van der Waals surface area contributed by atoms with Crippen molar-refractivity contribution in [2.75, 3.05) is 14.1 Å². The van der Waals surface area contributed by atoms with Crippen LogP contribution in [0.15, 0.2) is 60.8 Å². The maximum absolute atomic E-state index is 14.0. The molecule has 2 aliphatic heterocycles. The second kappa shape index (κ2) is 14.1. The highest BCUT2D eigenvalue weighted by Crippen LogP contribution is 2.23. The van der Waals surface area contributed by atoms with Crippen LogP contribution in [0.2, 0.25) is 0 Å². The molecule has 2 aromatic rings. The molecule has 4 N–H and O–H groups in total. The van der Waals surface area contributed by atoms with Gasteiger partial charge in [-0.15, -0.1) is 0 Å². The lowest BCUT2D eigenvalue weighted by Gasteiger charge is -2.35. The molecule has 3 amide bonds. The van der Waals surface area contributed by atoms with Gasteiger partial charge in [-0.1, -0.05) is 76.6 Å². The van der Waals surface area contributed by atoms with Crippen LogP contribution in [0, 0.1) is 11.8 Å². The van der Waals surface area contributed by atoms with Gasteiger partial charge in [0, 0.05) is 6.20 Å². The lowest BCUT2D eigenvalue weighted by Crippen LogP contribution is -2.62. The van der Waals surface area contributed by atoms with Crippen LogP contribution in [0.4, 0.5) is 0 Å². The van der Waals surface area contributed by atoms with Crippen molar-refractivity contribution in [3.05, 3.63) is 71.9 Å². The summed E-state index contributed by atoms with van der Waals surface area (Å²) in [6.45, 7) is 7.80. The number of nitrogens with zero attached hydrogens (tertiary/aromatic N) is 1. The molecule has 0 aliphatic carbocycles. The molecule has 216 valence electrons. The standard InChI is InChI=1S/C31H42N4O5/c1-7-20(4)26(35(5)6)31(39)34-25-28(19(2)3)40-23-15-13-21(14-16-23)17-18-32-29(37)24(33-30(25)38)27(36)22-11-9-8-10-12-22/h8-20,24-28,36H,7H2,1-6H3,(H,32,37)(H,33,38)(H,34,39)/t20-,24+,25+,26-,27+,28-/m0/s1. The number of aliphatic hydroxyl groups is 1. The minimum atomic E-state index is -1.34. The Bertz CT molecular complexity index is 1170. The van der Waals surface area contributed by atoms with E-state index in [1.165, 1.54) is 6.20 Å². The number of ether oxygens (including phenoxy) is 1. The normalized spacial score (nSPS) is 22.1. The Morgan fingerprint density at radius 1 is 1.02 bits per heavy atom. The van der Waals surface area contributed by atoms with Gasteiger partial charge in [-0.05, 0) is 55.3 Å². The fourth-order valence-electron chi connectivity index (χ4n) is 4.85.